The molecule has 0 saturated carbocycles. The van der Waals surface area contributed by atoms with Gasteiger partial charge in [-0.15, -0.1) is 79.3 Å². The normalized spacial score (nSPS) is 8.52. The second kappa shape index (κ2) is 226. The van der Waals surface area contributed by atoms with Crippen molar-refractivity contribution in [3.05, 3.63) is 0 Å². The third kappa shape index (κ3) is 278. The largest absolute Gasteiger partial charge is 4.00 e. The van der Waals surface area contributed by atoms with Crippen LogP contribution in [0.25, 0.3) is 0 Å². The van der Waals surface area contributed by atoms with Crippen molar-refractivity contribution in [3.63, 3.8) is 0 Å². The van der Waals surface area contributed by atoms with Crippen LogP contribution in [0.4, 0.5) is 0 Å². The third-order valence-electron chi connectivity index (χ3n) is 11.3. The maximum atomic E-state index is 9.40. The van der Waals surface area contributed by atoms with E-state index >= 15 is 0 Å². The fourth-order valence-electron chi connectivity index (χ4n) is 6.29. The zero-order valence-corrected chi connectivity index (χ0v) is 78.6. The minimum Gasteiger partial charge on any atom is -2.00 e. The Labute approximate surface area is 726 Å². The summed E-state index contributed by atoms with van der Waals surface area (Å²) in [6.45, 7) is 32.5. The van der Waals surface area contributed by atoms with Crippen LogP contribution in [-0.2, 0) is 207 Å². The summed E-state index contributed by atoms with van der Waals surface area (Å²) in [7, 11) is 18.1. The zero-order valence-electron chi connectivity index (χ0n) is 70.2. The molecule has 39 heteroatoms. The molecule has 0 heterocycles. The van der Waals surface area contributed by atoms with E-state index < -0.39 is 0 Å². The van der Waals surface area contributed by atoms with E-state index in [4.69, 9.17) is 0 Å². The molecule has 0 bridgehead atoms. The van der Waals surface area contributed by atoms with Crippen LogP contribution >= 0.6 is 0 Å². The Morgan fingerprint density at radius 2 is 0.224 bits per heavy atom. The molecule has 0 amide bonds. The molecule has 0 N–H and O–H groups in total. The van der Waals surface area contributed by atoms with Crippen molar-refractivity contribution in [2.24, 2.45) is 0 Å². The van der Waals surface area contributed by atoms with Crippen LogP contribution in [0, 0.1) is 0 Å². The molecule has 6 radical (unpaired) electrons. The number of nitrogens with zero attached hydrogens (tertiary/aromatic N) is 2. The van der Waals surface area contributed by atoms with Gasteiger partial charge in [-0.05, 0) is 51.4 Å². The van der Waals surface area contributed by atoms with Gasteiger partial charge >= 0.3 is 111 Å². The Hall–Kier alpha value is 2.19. The van der Waals surface area contributed by atoms with Crippen LogP contribution in [0.1, 0.15) is 158 Å². The van der Waals surface area contributed by atoms with E-state index in [1.807, 2.05) is 0 Å². The average molecular weight is 1800 g/mol. The van der Waals surface area contributed by atoms with Crippen molar-refractivity contribution in [1.82, 2.24) is 0 Å². The maximum absolute atomic E-state index is 9.40. The fraction of sp³-hybridized carbons (Fsp3) is 1.00. The molecule has 0 aromatic rings. The van der Waals surface area contributed by atoms with E-state index in [1.54, 1.807) is 0 Å². The first-order chi connectivity index (χ1) is 45.5. The molecule has 0 aliphatic rings. The molecule has 0 rings (SSSR count). The van der Waals surface area contributed by atoms with Crippen molar-refractivity contribution < 1.29 is 277 Å². The van der Waals surface area contributed by atoms with Crippen LogP contribution in [0.5, 0.6) is 0 Å². The van der Waals surface area contributed by atoms with Gasteiger partial charge in [0.1, 0.15) is 0 Å². The van der Waals surface area contributed by atoms with E-state index in [1.165, 1.54) is 249 Å². The Kier molecular flexibility index (Phi) is 399. The summed E-state index contributed by atoms with van der Waals surface area (Å²) in [5.74, 6) is 0. The third-order valence-corrected chi connectivity index (χ3v) is 11.3. The summed E-state index contributed by atoms with van der Waals surface area (Å²) in [6.07, 6.45) is 22.1. The number of hydrogen-bond donors (Lipinski definition) is 0. The van der Waals surface area contributed by atoms with Crippen molar-refractivity contribution in [3.8, 4) is 0 Å². The molecule has 0 aromatic heterocycles. The van der Waals surface area contributed by atoms with Crippen LogP contribution in [-0.4, -0.2) is 305 Å². The number of methoxy groups -OCH3 is 12. The molecule has 0 spiro atoms. The minimum atomic E-state index is -0.128. The number of ether oxygens (including phenoxy) is 12. The summed E-state index contributed by atoms with van der Waals surface area (Å²) in [6, 6.07) is 0. The topological polar surface area (TPSA) is 587 Å². The summed E-state index contributed by atoms with van der Waals surface area (Å²) < 4.78 is 55.4. The second-order valence-electron chi connectivity index (χ2n) is 19.7. The Morgan fingerprint density at radius 1 is 0.159 bits per heavy atom. The standard InChI is InChI=1S/2C16H36N.12C3H7O2.7O.6V/c2*1-5-9-13-17(14-10-6-2,15-11-7-3)16-12-8-4;12*1-5-3-2-4;;;;;;;;;;;;;/h2*5-16H2,1-4H3;12*2-3H2,1H3;;;;;;;;;;;;;/q2*+1;12*-1;7*-2;6*+4. The molecule has 0 atom stereocenters. The Morgan fingerprint density at radius 3 is 0.252 bits per heavy atom. The van der Waals surface area contributed by atoms with Gasteiger partial charge in [-0.3, -0.25) is 0 Å². The van der Waals surface area contributed by atoms with Crippen molar-refractivity contribution in [2.45, 2.75) is 158 Å². The first kappa shape index (κ1) is 189. The van der Waals surface area contributed by atoms with Gasteiger partial charge in [-0.2, -0.15) is 0 Å². The van der Waals surface area contributed by atoms with E-state index in [2.05, 4.69) is 112 Å². The molecule has 0 saturated heterocycles. The number of rotatable bonds is 48. The smallest absolute Gasteiger partial charge is 2.00 e. The van der Waals surface area contributed by atoms with Crippen molar-refractivity contribution in [2.75, 3.05) is 296 Å². The molecule has 107 heavy (non-hydrogen) atoms. The van der Waals surface area contributed by atoms with Gasteiger partial charge < -0.3 is 165 Å². The van der Waals surface area contributed by atoms with Gasteiger partial charge in [0, 0.05) is 165 Å². The number of unbranched alkanes of at least 4 members (excludes halogenated alkanes) is 8. The summed E-state index contributed by atoms with van der Waals surface area (Å²) >= 11 is 0. The number of quaternary nitrogens is 2. The minimum absolute atomic E-state index is 0. The van der Waals surface area contributed by atoms with Gasteiger partial charge in [-0.1, -0.05) is 107 Å². The molecule has 0 unspecified atom stereocenters. The van der Waals surface area contributed by atoms with Gasteiger partial charge in [0.2, 0.25) is 0 Å². The molecule has 0 aromatic carbocycles. The van der Waals surface area contributed by atoms with Crippen LogP contribution in [0.2, 0.25) is 0 Å². The first-order valence-corrected chi connectivity index (χ1v) is 34.0. The van der Waals surface area contributed by atoms with Crippen molar-refractivity contribution in [1.29, 1.82) is 0 Å². The SMILES string of the molecule is CCCC[N+](CCCC)(CCCC)CCCC.CCCC[N+](CCCC)(CCCC)CCCC.COCC[O-].COCC[O-].COCC[O-].COCC[O-].COCC[O-].COCC[O-].COCC[O-].COCC[O-].COCC[O-].COCC[O-].COCC[O-].COCC[O-].[O-2].[O-2].[O-2].[O-2].[O-2].[O-2].[O-2].[V+4].[V+4].[V+4].[V+4].[V+4].[V+4]. The molecular formula is C68H156N2O31V6. The predicted octanol–water partition coefficient (Wildman–Crippen LogP) is -2.92. The second-order valence-corrected chi connectivity index (χ2v) is 19.7. The molecule has 0 fully saturated rings. The summed E-state index contributed by atoms with van der Waals surface area (Å²) in [5.41, 5.74) is 0. The van der Waals surface area contributed by atoms with E-state index in [-0.39, 0.29) is 229 Å². The maximum Gasteiger partial charge on any atom is 4.00 e. The zero-order chi connectivity index (χ0) is 75.4. The van der Waals surface area contributed by atoms with Crippen LogP contribution in [0.3, 0.4) is 0 Å². The summed E-state index contributed by atoms with van der Waals surface area (Å²) in [4.78, 5) is 0. The van der Waals surface area contributed by atoms with E-state index in [0.717, 1.165) is 0 Å². The predicted molar refractivity (Wildman–Crippen MR) is 364 cm³/mol. The van der Waals surface area contributed by atoms with Crippen molar-refractivity contribution >= 4 is 0 Å². The van der Waals surface area contributed by atoms with Gasteiger partial charge in [0.05, 0.1) is 52.4 Å². The summed E-state index contributed by atoms with van der Waals surface area (Å²) in [5, 5.41) is 113. The van der Waals surface area contributed by atoms with Gasteiger partial charge in [-0.25, -0.2) is 0 Å². The molecule has 654 valence electrons. The van der Waals surface area contributed by atoms with Gasteiger partial charge in [0.15, 0.2) is 0 Å². The molecule has 0 aliphatic heterocycles. The van der Waals surface area contributed by atoms with Crippen LogP contribution in [0.15, 0.2) is 0 Å². The Bertz CT molecular complexity index is 757. The average Bonchev–Trinajstić information content (AvgIpc) is 0.887. The molecule has 0 aliphatic carbocycles. The van der Waals surface area contributed by atoms with Crippen LogP contribution < -0.4 is 61.3 Å². The van der Waals surface area contributed by atoms with E-state index in [0.29, 0.717) is 79.3 Å². The molecular weight excluding hydrogens is 1650 g/mol. The monoisotopic (exact) mass is 1800 g/mol. The molecule has 33 nitrogen and oxygen atoms in total. The fourth-order valence-corrected chi connectivity index (χ4v) is 6.29. The Balaban J connectivity index is -0.0000000264. The van der Waals surface area contributed by atoms with E-state index in [9.17, 15) is 61.3 Å². The first-order valence-electron chi connectivity index (χ1n) is 34.0. The number of hydrogen-bond acceptors (Lipinski definition) is 24. The quantitative estimate of drug-likeness (QED) is 0.0551. The van der Waals surface area contributed by atoms with Gasteiger partial charge in [0.25, 0.3) is 0 Å².